The van der Waals surface area contributed by atoms with Crippen molar-refractivity contribution in [2.45, 2.75) is 17.9 Å². The molecule has 2 unspecified atom stereocenters. The Hall–Kier alpha value is -3.06. The standard InChI is InChI=1S/C21H18F5N4P/c22-20(23,24)19(28)30-12-15(8-11-17(30)27)13-6-9-16(10-7-13)29-18(21(25,26)31)14-4-2-1-3-5-14/h1-12,18,27-29H,31H2. The number of nitrogens with one attached hydrogen (secondary N) is 3. The molecular formula is C21H18F5N4P. The van der Waals surface area contributed by atoms with Crippen molar-refractivity contribution in [1.29, 1.82) is 10.8 Å². The van der Waals surface area contributed by atoms with Crippen molar-refractivity contribution in [1.82, 2.24) is 4.57 Å². The Morgan fingerprint density at radius 1 is 0.871 bits per heavy atom. The summed E-state index contributed by atoms with van der Waals surface area (Å²) in [5, 5.41) is 17.7. The van der Waals surface area contributed by atoms with E-state index < -0.39 is 29.2 Å². The molecule has 0 saturated carbocycles. The number of aromatic nitrogens is 1. The molecular weight excluding hydrogens is 434 g/mol. The van der Waals surface area contributed by atoms with Crippen LogP contribution in [0.5, 0.6) is 0 Å². The molecule has 0 spiro atoms. The molecule has 0 fully saturated rings. The van der Waals surface area contributed by atoms with Gasteiger partial charge in [0.15, 0.2) is 0 Å². The molecule has 10 heteroatoms. The van der Waals surface area contributed by atoms with Crippen LogP contribution in [0.3, 0.4) is 0 Å². The number of anilines is 1. The van der Waals surface area contributed by atoms with Gasteiger partial charge in [0.1, 0.15) is 11.5 Å². The molecule has 0 aliphatic heterocycles. The quantitative estimate of drug-likeness (QED) is 0.199. The third-order valence-electron chi connectivity index (χ3n) is 4.50. The minimum absolute atomic E-state index is 0.340. The zero-order valence-corrected chi connectivity index (χ0v) is 17.1. The molecule has 1 heterocycles. The van der Waals surface area contributed by atoms with Gasteiger partial charge in [0.2, 0.25) is 5.84 Å². The van der Waals surface area contributed by atoms with Crippen molar-refractivity contribution in [2.75, 3.05) is 5.32 Å². The van der Waals surface area contributed by atoms with Crippen molar-refractivity contribution >= 4 is 20.8 Å². The lowest BCUT2D eigenvalue weighted by Gasteiger charge is -2.26. The number of nitrogens with zero attached hydrogens (tertiary/aromatic N) is 1. The Kier molecular flexibility index (Phi) is 6.27. The fourth-order valence-electron chi connectivity index (χ4n) is 2.97. The normalized spacial score (nSPS) is 13.0. The van der Waals surface area contributed by atoms with Crippen LogP contribution in [0.2, 0.25) is 0 Å². The molecule has 4 nitrogen and oxygen atoms in total. The summed E-state index contributed by atoms with van der Waals surface area (Å²) in [6.45, 7) is 0. The highest BCUT2D eigenvalue weighted by Gasteiger charge is 2.36. The zero-order chi connectivity index (χ0) is 22.8. The van der Waals surface area contributed by atoms with Crippen molar-refractivity contribution in [2.24, 2.45) is 0 Å². The number of rotatable bonds is 5. The fraction of sp³-hybridized carbons (Fsp3) is 0.143. The minimum Gasteiger partial charge on any atom is -0.373 e. The van der Waals surface area contributed by atoms with Crippen LogP contribution in [0.1, 0.15) is 11.6 Å². The van der Waals surface area contributed by atoms with E-state index in [1.54, 1.807) is 42.5 Å². The highest BCUT2D eigenvalue weighted by atomic mass is 31.0. The number of pyridine rings is 1. The summed E-state index contributed by atoms with van der Waals surface area (Å²) >= 11 is 0. The highest BCUT2D eigenvalue weighted by molar-refractivity contribution is 7.18. The first-order valence-corrected chi connectivity index (χ1v) is 9.56. The smallest absolute Gasteiger partial charge is 0.373 e. The van der Waals surface area contributed by atoms with Gasteiger partial charge in [-0.2, -0.15) is 22.0 Å². The number of benzene rings is 2. The summed E-state index contributed by atoms with van der Waals surface area (Å²) in [6, 6.07) is 15.7. The molecule has 0 bridgehead atoms. The average molecular weight is 452 g/mol. The second kappa shape index (κ2) is 8.59. The molecule has 162 valence electrons. The van der Waals surface area contributed by atoms with Gasteiger partial charge in [-0.3, -0.25) is 15.4 Å². The zero-order valence-electron chi connectivity index (χ0n) is 15.9. The third-order valence-corrected chi connectivity index (χ3v) is 4.84. The van der Waals surface area contributed by atoms with E-state index >= 15 is 0 Å². The topological polar surface area (TPSA) is 64.7 Å². The van der Waals surface area contributed by atoms with Crippen molar-refractivity contribution < 1.29 is 22.0 Å². The van der Waals surface area contributed by atoms with E-state index in [1.807, 2.05) is 0 Å². The lowest BCUT2D eigenvalue weighted by Crippen LogP contribution is -2.36. The summed E-state index contributed by atoms with van der Waals surface area (Å²) in [6.07, 6.45) is -3.85. The first-order chi connectivity index (χ1) is 14.5. The first kappa shape index (κ1) is 22.6. The van der Waals surface area contributed by atoms with Gasteiger partial charge in [0.25, 0.3) is 5.66 Å². The Morgan fingerprint density at radius 2 is 1.45 bits per heavy atom. The summed E-state index contributed by atoms with van der Waals surface area (Å²) in [7, 11) is 1.53. The molecule has 0 aliphatic rings. The van der Waals surface area contributed by atoms with Crippen LogP contribution < -0.4 is 10.8 Å². The summed E-state index contributed by atoms with van der Waals surface area (Å²) in [5.41, 5.74) is -1.99. The van der Waals surface area contributed by atoms with Gasteiger partial charge in [-0.25, -0.2) is 0 Å². The monoisotopic (exact) mass is 452 g/mol. The van der Waals surface area contributed by atoms with E-state index in [4.69, 9.17) is 10.8 Å². The molecule has 3 rings (SSSR count). The van der Waals surface area contributed by atoms with Crippen LogP contribution in [-0.4, -0.2) is 22.2 Å². The number of hydrogen-bond donors (Lipinski definition) is 3. The predicted octanol–water partition coefficient (Wildman–Crippen LogP) is 5.64. The van der Waals surface area contributed by atoms with Gasteiger partial charge >= 0.3 is 6.18 Å². The summed E-state index contributed by atoms with van der Waals surface area (Å²) in [5.74, 6) is -1.67. The third kappa shape index (κ3) is 5.35. The molecule has 1 aromatic heterocycles. The van der Waals surface area contributed by atoms with E-state index in [0.29, 0.717) is 26.9 Å². The maximum atomic E-state index is 14.1. The molecule has 0 aliphatic carbocycles. The van der Waals surface area contributed by atoms with E-state index in [2.05, 4.69) is 5.32 Å². The molecule has 2 aromatic carbocycles. The van der Waals surface area contributed by atoms with Crippen molar-refractivity contribution in [3.63, 3.8) is 0 Å². The van der Waals surface area contributed by atoms with Crippen LogP contribution in [0.4, 0.5) is 27.6 Å². The van der Waals surface area contributed by atoms with E-state index in [1.165, 1.54) is 27.4 Å². The maximum absolute atomic E-state index is 14.1. The van der Waals surface area contributed by atoms with Crippen molar-refractivity contribution in [3.05, 3.63) is 84.0 Å². The predicted molar refractivity (Wildman–Crippen MR) is 112 cm³/mol. The van der Waals surface area contributed by atoms with Crippen LogP contribution in [0.15, 0.2) is 72.9 Å². The van der Waals surface area contributed by atoms with Crippen LogP contribution >= 0.6 is 9.24 Å². The SMILES string of the molecule is N=C(n1cc(-c2ccc(NC(c3ccccc3)C(F)(F)P)cc2)ccc1=N)C(F)(F)F. The Morgan fingerprint density at radius 3 is 2.00 bits per heavy atom. The second-order valence-corrected chi connectivity index (χ2v) is 7.53. The Bertz CT molecular complexity index is 1120. The lowest BCUT2D eigenvalue weighted by molar-refractivity contribution is -0.0626. The van der Waals surface area contributed by atoms with E-state index in [0.717, 1.165) is 12.3 Å². The van der Waals surface area contributed by atoms with E-state index in [9.17, 15) is 22.0 Å². The minimum atomic E-state index is -4.90. The molecule has 0 amide bonds. The van der Waals surface area contributed by atoms with Crippen molar-refractivity contribution in [3.8, 4) is 11.1 Å². The first-order valence-electron chi connectivity index (χ1n) is 8.99. The average Bonchev–Trinajstić information content (AvgIpc) is 2.71. The largest absolute Gasteiger partial charge is 0.449 e. The number of halogens is 5. The maximum Gasteiger partial charge on any atom is 0.449 e. The molecule has 3 aromatic rings. The summed E-state index contributed by atoms with van der Waals surface area (Å²) < 4.78 is 67.3. The van der Waals surface area contributed by atoms with E-state index in [-0.39, 0.29) is 0 Å². The van der Waals surface area contributed by atoms with Gasteiger partial charge in [-0.1, -0.05) is 51.7 Å². The lowest BCUT2D eigenvalue weighted by atomic mass is 10.0. The summed E-state index contributed by atoms with van der Waals surface area (Å²) in [4.78, 5) is 0. The molecule has 31 heavy (non-hydrogen) atoms. The molecule has 2 atom stereocenters. The Balaban J connectivity index is 1.88. The molecule has 3 N–H and O–H groups in total. The van der Waals surface area contributed by atoms with Crippen LogP contribution in [0.25, 0.3) is 11.1 Å². The molecule has 0 radical (unpaired) electrons. The van der Waals surface area contributed by atoms with Gasteiger partial charge in [0, 0.05) is 11.9 Å². The van der Waals surface area contributed by atoms with Crippen LogP contribution in [-0.2, 0) is 0 Å². The van der Waals surface area contributed by atoms with Gasteiger partial charge < -0.3 is 5.32 Å². The number of hydrogen-bond acceptors (Lipinski definition) is 3. The van der Waals surface area contributed by atoms with Crippen LogP contribution in [0, 0.1) is 10.8 Å². The Labute approximate surface area is 177 Å². The number of alkyl halides is 5. The van der Waals surface area contributed by atoms with Gasteiger partial charge in [-0.05, 0) is 41.0 Å². The van der Waals surface area contributed by atoms with Gasteiger partial charge in [-0.15, -0.1) is 0 Å². The second-order valence-electron chi connectivity index (χ2n) is 6.76. The molecule has 0 saturated heterocycles. The van der Waals surface area contributed by atoms with Gasteiger partial charge in [0.05, 0.1) is 0 Å². The highest BCUT2D eigenvalue weighted by Crippen LogP contribution is 2.39. The fourth-order valence-corrected chi connectivity index (χ4v) is 3.24.